The second-order valence-electron chi connectivity index (χ2n) is 8.78. The molecule has 3 heterocycles. The Kier molecular flexibility index (Phi) is 6.91. The summed E-state index contributed by atoms with van der Waals surface area (Å²) in [7, 11) is 1.62. The first-order valence-electron chi connectivity index (χ1n) is 11.0. The summed E-state index contributed by atoms with van der Waals surface area (Å²) in [5.74, 6) is -4.56. The van der Waals surface area contributed by atoms with E-state index in [1.807, 2.05) is 0 Å². The van der Waals surface area contributed by atoms with E-state index in [1.165, 1.54) is 4.68 Å². The minimum absolute atomic E-state index is 0.000465. The van der Waals surface area contributed by atoms with Gasteiger partial charge in [0.15, 0.2) is 5.69 Å². The maximum Gasteiger partial charge on any atom is 0.419 e. The number of nitrogens with zero attached hydrogens (tertiary/aromatic N) is 5. The van der Waals surface area contributed by atoms with E-state index in [1.54, 1.807) is 44.4 Å². The Morgan fingerprint density at radius 1 is 1.19 bits per heavy atom. The Hall–Kier alpha value is -3.28. The standard InChI is InChI=1S/C23H22ClF5N6O/c1-13-7-22(25,26)12-35(18(13)10-32-21-30-8-15(9-31-21)23(27,28)29)20(36)19-17(11-34(2)33-19)14-3-5-16(24)6-4-14/h3-6,8-9,11,13,18H,7,10,12H2,1-2H3,(H,30,31,32). The monoisotopic (exact) mass is 528 g/mol. The molecule has 0 saturated carbocycles. The predicted molar refractivity (Wildman–Crippen MR) is 123 cm³/mol. The lowest BCUT2D eigenvalue weighted by atomic mass is 9.88. The summed E-state index contributed by atoms with van der Waals surface area (Å²) in [4.78, 5) is 22.0. The molecular weight excluding hydrogens is 507 g/mol. The Morgan fingerprint density at radius 2 is 1.83 bits per heavy atom. The summed E-state index contributed by atoms with van der Waals surface area (Å²) in [6.07, 6.45) is -2.17. The van der Waals surface area contributed by atoms with Gasteiger partial charge in [0.2, 0.25) is 5.95 Å². The van der Waals surface area contributed by atoms with Crippen molar-refractivity contribution in [2.75, 3.05) is 18.4 Å². The maximum absolute atomic E-state index is 14.6. The lowest BCUT2D eigenvalue weighted by molar-refractivity contribution is -0.138. The Bertz CT molecular complexity index is 1230. The van der Waals surface area contributed by atoms with E-state index in [0.29, 0.717) is 28.5 Å². The molecule has 1 amide bonds. The molecule has 2 aromatic heterocycles. The zero-order valence-electron chi connectivity index (χ0n) is 19.2. The minimum atomic E-state index is -4.59. The fraction of sp³-hybridized carbons (Fsp3) is 0.391. The fourth-order valence-corrected chi connectivity index (χ4v) is 4.39. The van der Waals surface area contributed by atoms with Gasteiger partial charge in [-0.3, -0.25) is 9.48 Å². The minimum Gasteiger partial charge on any atom is -0.352 e. The second-order valence-corrected chi connectivity index (χ2v) is 9.22. The number of anilines is 1. The van der Waals surface area contributed by atoms with Gasteiger partial charge in [0.1, 0.15) is 0 Å². The number of aryl methyl sites for hydroxylation is 1. The highest BCUT2D eigenvalue weighted by Crippen LogP contribution is 2.36. The third-order valence-corrected chi connectivity index (χ3v) is 6.23. The highest BCUT2D eigenvalue weighted by Gasteiger charge is 2.47. The Balaban J connectivity index is 1.60. The molecule has 1 saturated heterocycles. The molecule has 36 heavy (non-hydrogen) atoms. The van der Waals surface area contributed by atoms with Gasteiger partial charge in [-0.25, -0.2) is 18.7 Å². The molecule has 192 valence electrons. The molecular formula is C23H22ClF5N6O. The number of piperidine rings is 1. The van der Waals surface area contributed by atoms with E-state index in [9.17, 15) is 26.7 Å². The first-order valence-corrected chi connectivity index (χ1v) is 11.3. The van der Waals surface area contributed by atoms with Crippen LogP contribution in [0.4, 0.5) is 27.9 Å². The first kappa shape index (κ1) is 25.8. The van der Waals surface area contributed by atoms with Gasteiger partial charge >= 0.3 is 6.18 Å². The van der Waals surface area contributed by atoms with Crippen molar-refractivity contribution in [3.8, 4) is 11.1 Å². The van der Waals surface area contributed by atoms with Gasteiger partial charge in [-0.2, -0.15) is 18.3 Å². The first-order chi connectivity index (χ1) is 16.8. The smallest absolute Gasteiger partial charge is 0.352 e. The summed E-state index contributed by atoms with van der Waals surface area (Å²) in [6.45, 7) is 0.719. The van der Waals surface area contributed by atoms with Gasteiger partial charge in [0.05, 0.1) is 18.2 Å². The zero-order chi connectivity index (χ0) is 26.3. The van der Waals surface area contributed by atoms with Crippen molar-refractivity contribution >= 4 is 23.5 Å². The number of alkyl halides is 5. The number of halogens is 6. The summed E-state index contributed by atoms with van der Waals surface area (Å²) in [5, 5.41) is 7.51. The molecule has 0 spiro atoms. The van der Waals surface area contributed by atoms with E-state index in [0.717, 1.165) is 4.90 Å². The van der Waals surface area contributed by atoms with Crippen LogP contribution in [0.25, 0.3) is 11.1 Å². The van der Waals surface area contributed by atoms with E-state index < -0.39 is 48.5 Å². The lowest BCUT2D eigenvalue weighted by Crippen LogP contribution is -2.57. The highest BCUT2D eigenvalue weighted by atomic mass is 35.5. The number of rotatable bonds is 5. The van der Waals surface area contributed by atoms with Crippen molar-refractivity contribution in [3.63, 3.8) is 0 Å². The number of hydrogen-bond acceptors (Lipinski definition) is 5. The molecule has 13 heteroatoms. The summed E-state index contributed by atoms with van der Waals surface area (Å²) in [6, 6.07) is 5.97. The van der Waals surface area contributed by atoms with E-state index in [4.69, 9.17) is 11.6 Å². The van der Waals surface area contributed by atoms with Crippen LogP contribution < -0.4 is 5.32 Å². The average Bonchev–Trinajstić information content (AvgIpc) is 3.19. The van der Waals surface area contributed by atoms with Crippen LogP contribution in [0.15, 0.2) is 42.9 Å². The number of carbonyl (C=O) groups excluding carboxylic acids is 1. The van der Waals surface area contributed by atoms with Gasteiger partial charge in [0, 0.05) is 49.2 Å². The summed E-state index contributed by atoms with van der Waals surface area (Å²) >= 11 is 5.96. The van der Waals surface area contributed by atoms with Crippen LogP contribution in [0.2, 0.25) is 5.02 Å². The third-order valence-electron chi connectivity index (χ3n) is 5.98. The van der Waals surface area contributed by atoms with Gasteiger partial charge in [-0.05, 0) is 23.6 Å². The van der Waals surface area contributed by atoms with E-state index >= 15 is 0 Å². The van der Waals surface area contributed by atoms with Crippen LogP contribution in [0.3, 0.4) is 0 Å². The molecule has 2 unspecified atom stereocenters. The van der Waals surface area contributed by atoms with Crippen molar-refractivity contribution in [3.05, 3.63) is 59.1 Å². The second kappa shape index (κ2) is 9.64. The topological polar surface area (TPSA) is 75.9 Å². The van der Waals surface area contributed by atoms with Crippen molar-refractivity contribution in [1.29, 1.82) is 0 Å². The number of hydrogen-bond donors (Lipinski definition) is 1. The van der Waals surface area contributed by atoms with Crippen molar-refractivity contribution in [1.82, 2.24) is 24.6 Å². The maximum atomic E-state index is 14.6. The molecule has 7 nitrogen and oxygen atoms in total. The normalized spacial score (nSPS) is 19.8. The van der Waals surface area contributed by atoms with Gasteiger partial charge in [0.25, 0.3) is 11.8 Å². The average molecular weight is 529 g/mol. The van der Waals surface area contributed by atoms with Crippen molar-refractivity contribution in [2.24, 2.45) is 13.0 Å². The van der Waals surface area contributed by atoms with Gasteiger partial charge in [-0.15, -0.1) is 0 Å². The van der Waals surface area contributed by atoms with E-state index in [-0.39, 0.29) is 18.2 Å². The van der Waals surface area contributed by atoms with Gasteiger partial charge < -0.3 is 10.2 Å². The molecule has 1 aromatic carbocycles. The molecule has 0 radical (unpaired) electrons. The zero-order valence-corrected chi connectivity index (χ0v) is 20.0. The third kappa shape index (κ3) is 5.58. The number of carbonyl (C=O) groups is 1. The Labute approximate surface area is 208 Å². The molecule has 3 aromatic rings. The molecule has 1 fully saturated rings. The Morgan fingerprint density at radius 3 is 2.44 bits per heavy atom. The molecule has 4 rings (SSSR count). The molecule has 1 aliphatic heterocycles. The quantitative estimate of drug-likeness (QED) is 0.464. The lowest BCUT2D eigenvalue weighted by Gasteiger charge is -2.43. The molecule has 0 bridgehead atoms. The van der Waals surface area contributed by atoms with Crippen molar-refractivity contribution < 1.29 is 26.7 Å². The number of benzene rings is 1. The summed E-state index contributed by atoms with van der Waals surface area (Å²) < 4.78 is 68.9. The van der Waals surface area contributed by atoms with Crippen LogP contribution in [-0.2, 0) is 13.2 Å². The molecule has 1 N–H and O–H groups in total. The van der Waals surface area contributed by atoms with Crippen LogP contribution in [0, 0.1) is 5.92 Å². The number of likely N-dealkylation sites (tertiary alicyclic amines) is 1. The van der Waals surface area contributed by atoms with Crippen LogP contribution in [-0.4, -0.2) is 55.6 Å². The summed E-state index contributed by atoms with van der Waals surface area (Å²) in [5.41, 5.74) is 0.0832. The van der Waals surface area contributed by atoms with Gasteiger partial charge in [-0.1, -0.05) is 30.7 Å². The molecule has 1 aliphatic rings. The highest BCUT2D eigenvalue weighted by molar-refractivity contribution is 6.30. The SMILES string of the molecule is CC1CC(F)(F)CN(C(=O)c2nn(C)cc2-c2ccc(Cl)cc2)C1CNc1ncc(C(F)(F)F)cn1. The van der Waals surface area contributed by atoms with Crippen molar-refractivity contribution in [2.45, 2.75) is 31.5 Å². The van der Waals surface area contributed by atoms with E-state index in [2.05, 4.69) is 20.4 Å². The van der Waals surface area contributed by atoms with Crippen LogP contribution in [0.5, 0.6) is 0 Å². The number of nitrogens with one attached hydrogen (secondary N) is 1. The largest absolute Gasteiger partial charge is 0.419 e. The fourth-order valence-electron chi connectivity index (χ4n) is 4.26. The number of aromatic nitrogens is 4. The molecule has 2 atom stereocenters. The number of amides is 1. The van der Waals surface area contributed by atoms with Crippen LogP contribution in [0.1, 0.15) is 29.4 Å². The predicted octanol–water partition coefficient (Wildman–Crippen LogP) is 5.15. The molecule has 0 aliphatic carbocycles. The van der Waals surface area contributed by atoms with Crippen LogP contribution >= 0.6 is 11.6 Å².